The molecule has 0 aliphatic heterocycles. The lowest BCUT2D eigenvalue weighted by Gasteiger charge is -2.34. The quantitative estimate of drug-likeness (QED) is 0.839. The predicted octanol–water partition coefficient (Wildman–Crippen LogP) is 3.53. The van der Waals surface area contributed by atoms with Gasteiger partial charge in [-0.3, -0.25) is 0 Å². The predicted molar refractivity (Wildman–Crippen MR) is 100 cm³/mol. The first-order valence-corrected chi connectivity index (χ1v) is 9.00. The third kappa shape index (κ3) is 3.88. The van der Waals surface area contributed by atoms with Crippen LogP contribution in [0.15, 0.2) is 24.3 Å². The van der Waals surface area contributed by atoms with Gasteiger partial charge in [0.1, 0.15) is 11.3 Å². The standard InChI is InChI=1S/C20H28N2O3/c1-13-10-17(16-8-5-9-19(25-3)20(16)21-13)22-18(12-23)14-6-4-7-15(11-14)24-2/h5,8-10,14-15,18,23H,4,6-7,11-12H2,1-3H3,(H,21,22). The van der Waals surface area contributed by atoms with E-state index in [1.165, 1.54) is 0 Å². The van der Waals surface area contributed by atoms with Crippen molar-refractivity contribution in [2.24, 2.45) is 5.92 Å². The number of ether oxygens (including phenoxy) is 2. The number of hydrogen-bond acceptors (Lipinski definition) is 5. The number of aliphatic hydroxyl groups excluding tert-OH is 1. The van der Waals surface area contributed by atoms with Crippen LogP contribution in [-0.4, -0.2) is 43.1 Å². The van der Waals surface area contributed by atoms with E-state index in [-0.39, 0.29) is 12.6 Å². The van der Waals surface area contributed by atoms with Gasteiger partial charge < -0.3 is 19.9 Å². The number of aryl methyl sites for hydroxylation is 1. The van der Waals surface area contributed by atoms with E-state index in [0.29, 0.717) is 12.0 Å². The second-order valence-electron chi connectivity index (χ2n) is 6.89. The molecule has 3 atom stereocenters. The summed E-state index contributed by atoms with van der Waals surface area (Å²) in [5.41, 5.74) is 2.78. The Balaban J connectivity index is 1.90. The smallest absolute Gasteiger partial charge is 0.145 e. The highest BCUT2D eigenvalue weighted by Crippen LogP contribution is 2.33. The third-order valence-electron chi connectivity index (χ3n) is 5.26. The van der Waals surface area contributed by atoms with Crippen LogP contribution < -0.4 is 10.1 Å². The van der Waals surface area contributed by atoms with Gasteiger partial charge in [0, 0.05) is 23.9 Å². The summed E-state index contributed by atoms with van der Waals surface area (Å²) in [5.74, 6) is 1.17. The number of rotatable bonds is 6. The molecule has 0 radical (unpaired) electrons. The highest BCUT2D eigenvalue weighted by atomic mass is 16.5. The molecule has 5 heteroatoms. The summed E-state index contributed by atoms with van der Waals surface area (Å²) in [5, 5.41) is 14.6. The SMILES string of the molecule is COc1cccc2c(NC(CO)C3CCCC(OC)C3)cc(C)nc12. The number of pyridine rings is 1. The van der Waals surface area contributed by atoms with Crippen molar-refractivity contribution in [3.05, 3.63) is 30.0 Å². The fourth-order valence-corrected chi connectivity index (χ4v) is 3.91. The summed E-state index contributed by atoms with van der Waals surface area (Å²) in [7, 11) is 3.44. The lowest BCUT2D eigenvalue weighted by Crippen LogP contribution is -2.37. The monoisotopic (exact) mass is 344 g/mol. The van der Waals surface area contributed by atoms with Crippen LogP contribution in [0, 0.1) is 12.8 Å². The van der Waals surface area contributed by atoms with Crippen LogP contribution in [0.25, 0.3) is 10.9 Å². The Morgan fingerprint density at radius 1 is 1.32 bits per heavy atom. The van der Waals surface area contributed by atoms with Crippen molar-refractivity contribution in [3.63, 3.8) is 0 Å². The first-order valence-electron chi connectivity index (χ1n) is 9.00. The number of hydrogen-bond donors (Lipinski definition) is 2. The number of nitrogens with one attached hydrogen (secondary N) is 1. The number of nitrogens with zero attached hydrogens (tertiary/aromatic N) is 1. The van der Waals surface area contributed by atoms with Crippen LogP contribution in [0.5, 0.6) is 5.75 Å². The minimum atomic E-state index is 0.00847. The molecule has 0 bridgehead atoms. The molecule has 2 N–H and O–H groups in total. The van der Waals surface area contributed by atoms with Crippen molar-refractivity contribution in [2.75, 3.05) is 26.1 Å². The van der Waals surface area contributed by atoms with Crippen LogP contribution in [-0.2, 0) is 4.74 Å². The Morgan fingerprint density at radius 3 is 2.88 bits per heavy atom. The number of aromatic nitrogens is 1. The average molecular weight is 344 g/mol. The van der Waals surface area contributed by atoms with E-state index in [2.05, 4.69) is 10.3 Å². The lowest BCUT2D eigenvalue weighted by atomic mass is 9.82. The van der Waals surface area contributed by atoms with E-state index >= 15 is 0 Å². The topological polar surface area (TPSA) is 63.6 Å². The average Bonchev–Trinajstić information content (AvgIpc) is 2.65. The molecule has 5 nitrogen and oxygen atoms in total. The van der Waals surface area contributed by atoms with Gasteiger partial charge in [0.25, 0.3) is 0 Å². The van der Waals surface area contributed by atoms with Crippen molar-refractivity contribution in [3.8, 4) is 5.75 Å². The zero-order chi connectivity index (χ0) is 17.8. The molecule has 1 aromatic heterocycles. The molecule has 1 aliphatic rings. The maximum absolute atomic E-state index is 10.00. The minimum Gasteiger partial charge on any atom is -0.494 e. The van der Waals surface area contributed by atoms with Crippen molar-refractivity contribution in [1.82, 2.24) is 4.98 Å². The highest BCUT2D eigenvalue weighted by Gasteiger charge is 2.28. The minimum absolute atomic E-state index is 0.00847. The fourth-order valence-electron chi connectivity index (χ4n) is 3.91. The van der Waals surface area contributed by atoms with Gasteiger partial charge in [0.15, 0.2) is 0 Å². The summed E-state index contributed by atoms with van der Waals surface area (Å²) >= 11 is 0. The van der Waals surface area contributed by atoms with Gasteiger partial charge in [-0.15, -0.1) is 0 Å². The fraction of sp³-hybridized carbons (Fsp3) is 0.550. The normalized spacial score (nSPS) is 21.9. The van der Waals surface area contributed by atoms with Gasteiger partial charge in [-0.05, 0) is 44.2 Å². The summed E-state index contributed by atoms with van der Waals surface area (Å²) in [6, 6.07) is 7.99. The van der Waals surface area contributed by atoms with Gasteiger partial charge in [-0.1, -0.05) is 18.6 Å². The largest absolute Gasteiger partial charge is 0.494 e. The van der Waals surface area contributed by atoms with Crippen molar-refractivity contribution < 1.29 is 14.6 Å². The van der Waals surface area contributed by atoms with E-state index in [1.54, 1.807) is 14.2 Å². The Hall–Kier alpha value is -1.85. The second kappa shape index (κ2) is 8.02. The molecule has 2 aromatic rings. The first kappa shape index (κ1) is 18.0. The first-order chi connectivity index (χ1) is 12.2. The number of methoxy groups -OCH3 is 2. The number of anilines is 1. The molecule has 3 rings (SSSR count). The molecule has 25 heavy (non-hydrogen) atoms. The molecule has 1 saturated carbocycles. The number of fused-ring (bicyclic) bond motifs is 1. The van der Waals surface area contributed by atoms with E-state index in [0.717, 1.165) is 53.7 Å². The number of aliphatic hydroxyl groups is 1. The van der Waals surface area contributed by atoms with Crippen molar-refractivity contribution in [2.45, 2.75) is 44.8 Å². The Bertz CT molecular complexity index is 719. The molecule has 3 unspecified atom stereocenters. The molecule has 136 valence electrons. The molecule has 1 heterocycles. The number of para-hydroxylation sites is 1. The van der Waals surface area contributed by atoms with E-state index < -0.39 is 0 Å². The highest BCUT2D eigenvalue weighted by molar-refractivity contribution is 5.95. The Kier molecular flexibility index (Phi) is 5.76. The molecule has 1 aliphatic carbocycles. The third-order valence-corrected chi connectivity index (χ3v) is 5.26. The molecule has 0 spiro atoms. The molecule has 0 saturated heterocycles. The summed E-state index contributed by atoms with van der Waals surface area (Å²) in [4.78, 5) is 4.63. The van der Waals surface area contributed by atoms with E-state index in [9.17, 15) is 5.11 Å². The molecular formula is C20H28N2O3. The maximum Gasteiger partial charge on any atom is 0.145 e. The summed E-state index contributed by atoms with van der Waals surface area (Å²) in [6.07, 6.45) is 4.65. The summed E-state index contributed by atoms with van der Waals surface area (Å²) in [6.45, 7) is 2.08. The van der Waals surface area contributed by atoms with Crippen molar-refractivity contribution in [1.29, 1.82) is 0 Å². The zero-order valence-corrected chi connectivity index (χ0v) is 15.3. The van der Waals surface area contributed by atoms with Crippen LogP contribution >= 0.6 is 0 Å². The maximum atomic E-state index is 10.00. The Morgan fingerprint density at radius 2 is 2.16 bits per heavy atom. The number of benzene rings is 1. The zero-order valence-electron chi connectivity index (χ0n) is 15.3. The van der Waals surface area contributed by atoms with Crippen LogP contribution in [0.3, 0.4) is 0 Å². The Labute approximate surface area is 149 Å². The molecule has 0 amide bonds. The van der Waals surface area contributed by atoms with Gasteiger partial charge in [-0.25, -0.2) is 4.98 Å². The van der Waals surface area contributed by atoms with Gasteiger partial charge >= 0.3 is 0 Å². The molecular weight excluding hydrogens is 316 g/mol. The second-order valence-corrected chi connectivity index (χ2v) is 6.89. The van der Waals surface area contributed by atoms with Gasteiger partial charge in [0.05, 0.1) is 25.9 Å². The van der Waals surface area contributed by atoms with Crippen LogP contribution in [0.2, 0.25) is 0 Å². The van der Waals surface area contributed by atoms with Crippen molar-refractivity contribution >= 4 is 16.6 Å². The molecule has 1 aromatic carbocycles. The van der Waals surface area contributed by atoms with E-state index in [4.69, 9.17) is 9.47 Å². The molecule has 1 fully saturated rings. The van der Waals surface area contributed by atoms with Gasteiger partial charge in [-0.2, -0.15) is 0 Å². The summed E-state index contributed by atoms with van der Waals surface area (Å²) < 4.78 is 11.0. The van der Waals surface area contributed by atoms with Crippen LogP contribution in [0.1, 0.15) is 31.4 Å². The van der Waals surface area contributed by atoms with Gasteiger partial charge in [0.2, 0.25) is 0 Å². The lowest BCUT2D eigenvalue weighted by molar-refractivity contribution is 0.0420. The van der Waals surface area contributed by atoms with E-state index in [1.807, 2.05) is 31.2 Å². The van der Waals surface area contributed by atoms with Crippen LogP contribution in [0.4, 0.5) is 5.69 Å².